The summed E-state index contributed by atoms with van der Waals surface area (Å²) in [6.45, 7) is 6.44. The summed E-state index contributed by atoms with van der Waals surface area (Å²) in [5, 5.41) is 17.3. The van der Waals surface area contributed by atoms with E-state index in [0.29, 0.717) is 36.3 Å². The number of hydrogen-bond acceptors (Lipinski definition) is 6. The molecule has 5 atom stereocenters. The van der Waals surface area contributed by atoms with Gasteiger partial charge in [-0.2, -0.15) is 0 Å². The Morgan fingerprint density at radius 3 is 2.38 bits per heavy atom. The Labute approximate surface area is 249 Å². The third-order valence-corrected chi connectivity index (χ3v) is 8.53. The molecule has 2 aromatic rings. The highest BCUT2D eigenvalue weighted by molar-refractivity contribution is 5.90. The molecule has 1 fully saturated rings. The number of hydrogen-bond donors (Lipinski definition) is 5. The average molecular weight is 584 g/mol. The van der Waals surface area contributed by atoms with Gasteiger partial charge < -0.3 is 31.2 Å². The first kappa shape index (κ1) is 33.1. The fourth-order valence-electron chi connectivity index (χ4n) is 6.00. The highest BCUT2D eigenvalue weighted by Crippen LogP contribution is 2.30. The van der Waals surface area contributed by atoms with E-state index in [1.54, 1.807) is 6.20 Å². The topological polar surface area (TPSA) is 159 Å². The second-order valence-corrected chi connectivity index (χ2v) is 12.0. The molecule has 0 bridgehead atoms. The Morgan fingerprint density at radius 2 is 1.79 bits per heavy atom. The first-order chi connectivity index (χ1) is 20.2. The second kappa shape index (κ2) is 16.9. The van der Waals surface area contributed by atoms with Gasteiger partial charge in [0.15, 0.2) is 6.10 Å². The predicted molar refractivity (Wildman–Crippen MR) is 161 cm³/mol. The second-order valence-electron chi connectivity index (χ2n) is 12.0. The molecule has 0 saturated heterocycles. The lowest BCUT2D eigenvalue weighted by Gasteiger charge is -2.33. The number of carbonyl (C=O) groups excluding carboxylic acids is 3. The standard InChI is InChI=1S/C32H49N5O5/c1-4-24(21(2)3)17-28(38)26(15-22-11-7-5-8-12-22)36-30(39)27(18-25-19-34-20-35-25)37-31(40)29(42-32(33)41)16-23-13-9-6-10-14-23/h6,9-10,13-14,19-22,24,26-29,38H,4-5,7-8,11-12,15-18H2,1-3H3,(H2,33,41)(H,34,35)(H,36,39)(H,37,40)/t24-,26-,27-,28+,29-/m0/s1. The number of aromatic amines is 1. The van der Waals surface area contributed by atoms with Gasteiger partial charge in [0.2, 0.25) is 5.91 Å². The minimum Gasteiger partial charge on any atom is -0.436 e. The molecule has 6 N–H and O–H groups in total. The van der Waals surface area contributed by atoms with Crippen LogP contribution in [0.2, 0.25) is 0 Å². The summed E-state index contributed by atoms with van der Waals surface area (Å²) in [6.07, 6.45) is 8.29. The van der Waals surface area contributed by atoms with Gasteiger partial charge >= 0.3 is 6.09 Å². The van der Waals surface area contributed by atoms with Crippen LogP contribution in [0.5, 0.6) is 0 Å². The summed E-state index contributed by atoms with van der Waals surface area (Å²) < 4.78 is 5.16. The molecule has 3 rings (SSSR count). The van der Waals surface area contributed by atoms with Crippen LogP contribution in [0.25, 0.3) is 0 Å². The summed E-state index contributed by atoms with van der Waals surface area (Å²) in [4.78, 5) is 46.0. The van der Waals surface area contributed by atoms with Crippen molar-refractivity contribution in [1.29, 1.82) is 0 Å². The Hall–Kier alpha value is -3.40. The van der Waals surface area contributed by atoms with Crippen molar-refractivity contribution in [2.45, 2.75) is 109 Å². The maximum atomic E-state index is 13.8. The van der Waals surface area contributed by atoms with Gasteiger partial charge in [-0.05, 0) is 36.2 Å². The Kier molecular flexibility index (Phi) is 13.3. The summed E-state index contributed by atoms with van der Waals surface area (Å²) in [6, 6.07) is 7.66. The summed E-state index contributed by atoms with van der Waals surface area (Å²) >= 11 is 0. The first-order valence-electron chi connectivity index (χ1n) is 15.4. The van der Waals surface area contributed by atoms with Crippen LogP contribution in [-0.2, 0) is 27.2 Å². The summed E-state index contributed by atoms with van der Waals surface area (Å²) in [5.41, 5.74) is 6.64. The Bertz CT molecular complexity index is 1090. The third kappa shape index (κ3) is 10.8. The van der Waals surface area contributed by atoms with Crippen LogP contribution in [0.15, 0.2) is 42.9 Å². The fraction of sp³-hybridized carbons (Fsp3) is 0.625. The molecule has 0 spiro atoms. The molecule has 10 nitrogen and oxygen atoms in total. The van der Waals surface area contributed by atoms with Crippen LogP contribution in [-0.4, -0.2) is 57.3 Å². The number of amides is 3. The van der Waals surface area contributed by atoms with Gasteiger partial charge in [0.05, 0.1) is 24.2 Å². The number of nitrogens with two attached hydrogens (primary N) is 1. The van der Waals surface area contributed by atoms with Gasteiger partial charge in [-0.1, -0.05) is 89.6 Å². The smallest absolute Gasteiger partial charge is 0.405 e. The lowest BCUT2D eigenvalue weighted by molar-refractivity contribution is -0.134. The number of carbonyl (C=O) groups is 3. The molecule has 10 heteroatoms. The maximum absolute atomic E-state index is 13.8. The molecule has 42 heavy (non-hydrogen) atoms. The predicted octanol–water partition coefficient (Wildman–Crippen LogP) is 4.03. The molecular weight excluding hydrogens is 534 g/mol. The molecule has 232 valence electrons. The van der Waals surface area contributed by atoms with Gasteiger partial charge in [-0.15, -0.1) is 0 Å². The van der Waals surface area contributed by atoms with E-state index in [-0.39, 0.29) is 12.8 Å². The number of nitrogens with zero attached hydrogens (tertiary/aromatic N) is 1. The van der Waals surface area contributed by atoms with Crippen LogP contribution >= 0.6 is 0 Å². The number of rotatable bonds is 16. The zero-order chi connectivity index (χ0) is 30.5. The van der Waals surface area contributed by atoms with Crippen LogP contribution in [0.3, 0.4) is 0 Å². The minimum absolute atomic E-state index is 0.100. The largest absolute Gasteiger partial charge is 0.436 e. The van der Waals surface area contributed by atoms with E-state index in [1.165, 1.54) is 12.7 Å². The summed E-state index contributed by atoms with van der Waals surface area (Å²) in [7, 11) is 0. The number of nitrogens with one attached hydrogen (secondary N) is 3. The Morgan fingerprint density at radius 1 is 1.07 bits per heavy atom. The van der Waals surface area contributed by atoms with E-state index in [9.17, 15) is 19.5 Å². The molecule has 1 aliphatic carbocycles. The van der Waals surface area contributed by atoms with Crippen LogP contribution in [0.1, 0.15) is 83.4 Å². The molecule has 0 unspecified atom stereocenters. The zero-order valence-corrected chi connectivity index (χ0v) is 25.3. The SMILES string of the molecule is CC[C@@H](C[C@@H](O)[C@H](CC1CCCCC1)NC(=O)[C@H](Cc1c[nH]cn1)NC(=O)[C@H](Cc1ccccc1)OC(N)=O)C(C)C. The molecular formula is C32H49N5O5. The molecule has 3 amide bonds. The van der Waals surface area contributed by atoms with Crippen molar-refractivity contribution < 1.29 is 24.2 Å². The van der Waals surface area contributed by atoms with Crippen molar-refractivity contribution in [2.24, 2.45) is 23.5 Å². The van der Waals surface area contributed by atoms with Gasteiger partial charge in [0.1, 0.15) is 6.04 Å². The van der Waals surface area contributed by atoms with Crippen LogP contribution in [0.4, 0.5) is 4.79 Å². The van der Waals surface area contributed by atoms with E-state index < -0.39 is 42.2 Å². The van der Waals surface area contributed by atoms with Crippen molar-refractivity contribution in [3.05, 3.63) is 54.1 Å². The van der Waals surface area contributed by atoms with E-state index in [2.05, 4.69) is 41.4 Å². The summed E-state index contributed by atoms with van der Waals surface area (Å²) in [5.74, 6) is 0.116. The molecule has 0 radical (unpaired) electrons. The Balaban J connectivity index is 1.80. The number of ether oxygens (including phenoxy) is 1. The lowest BCUT2D eigenvalue weighted by Crippen LogP contribution is -2.56. The van der Waals surface area contributed by atoms with Crippen molar-refractivity contribution in [2.75, 3.05) is 0 Å². The number of H-pyrrole nitrogens is 1. The third-order valence-electron chi connectivity index (χ3n) is 8.53. The van der Waals surface area contributed by atoms with E-state index in [0.717, 1.165) is 37.7 Å². The number of imidazole rings is 1. The average Bonchev–Trinajstić information content (AvgIpc) is 3.48. The molecule has 0 aliphatic heterocycles. The number of benzene rings is 1. The van der Waals surface area contributed by atoms with E-state index >= 15 is 0 Å². The van der Waals surface area contributed by atoms with Gasteiger partial charge in [-0.3, -0.25) is 9.59 Å². The number of primary amides is 1. The highest BCUT2D eigenvalue weighted by Gasteiger charge is 2.33. The van der Waals surface area contributed by atoms with Gasteiger partial charge in [0.25, 0.3) is 5.91 Å². The van der Waals surface area contributed by atoms with Gasteiger partial charge in [-0.25, -0.2) is 9.78 Å². The maximum Gasteiger partial charge on any atom is 0.405 e. The van der Waals surface area contributed by atoms with Crippen molar-refractivity contribution in [3.63, 3.8) is 0 Å². The number of aliphatic hydroxyl groups is 1. The van der Waals surface area contributed by atoms with E-state index in [4.69, 9.17) is 10.5 Å². The quantitative estimate of drug-likeness (QED) is 0.201. The van der Waals surface area contributed by atoms with Crippen LogP contribution < -0.4 is 16.4 Å². The van der Waals surface area contributed by atoms with Crippen molar-refractivity contribution in [1.82, 2.24) is 20.6 Å². The normalized spacial score (nSPS) is 17.5. The van der Waals surface area contributed by atoms with Crippen molar-refractivity contribution in [3.8, 4) is 0 Å². The fourth-order valence-corrected chi connectivity index (χ4v) is 6.00. The molecule has 1 saturated carbocycles. The number of aromatic nitrogens is 2. The molecule has 1 aliphatic rings. The lowest BCUT2D eigenvalue weighted by atomic mass is 9.80. The molecule has 1 aromatic carbocycles. The molecule has 1 aromatic heterocycles. The highest BCUT2D eigenvalue weighted by atomic mass is 16.6. The molecule has 1 heterocycles. The van der Waals surface area contributed by atoms with E-state index in [1.807, 2.05) is 30.3 Å². The van der Waals surface area contributed by atoms with Gasteiger partial charge in [0, 0.05) is 19.0 Å². The minimum atomic E-state index is -1.22. The first-order valence-corrected chi connectivity index (χ1v) is 15.4. The zero-order valence-electron chi connectivity index (χ0n) is 25.3. The van der Waals surface area contributed by atoms with Crippen molar-refractivity contribution >= 4 is 17.9 Å². The monoisotopic (exact) mass is 583 g/mol. The van der Waals surface area contributed by atoms with Crippen LogP contribution in [0, 0.1) is 17.8 Å². The number of aliphatic hydroxyl groups excluding tert-OH is 1.